The lowest BCUT2D eigenvalue weighted by molar-refractivity contribution is -0.487. The monoisotopic (exact) mass is 372 g/mol. The Balaban J connectivity index is 4.01. The van der Waals surface area contributed by atoms with Gasteiger partial charge in [0.05, 0.1) is 9.85 Å². The molecule has 16 heteroatoms. The molecule has 2 amide bonds. The predicted molar refractivity (Wildman–Crippen MR) is 80.1 cm³/mol. The lowest BCUT2D eigenvalue weighted by Crippen LogP contribution is -2.36. The second-order valence-electron chi connectivity index (χ2n) is 4.45. The summed E-state index contributed by atoms with van der Waals surface area (Å²) in [5.41, 5.74) is -5.33. The van der Waals surface area contributed by atoms with E-state index in [1.165, 1.54) is 0 Å². The molecule has 0 saturated heterocycles. The van der Waals surface area contributed by atoms with Crippen LogP contribution < -0.4 is 10.0 Å². The van der Waals surface area contributed by atoms with E-state index in [4.69, 9.17) is 0 Å². The number of hydrogen-bond acceptors (Lipinski definition) is 10. The van der Waals surface area contributed by atoms with Crippen LogP contribution in [-0.4, -0.2) is 31.7 Å². The van der Waals surface area contributed by atoms with Crippen LogP contribution in [-0.2, 0) is 9.59 Å². The molecule has 0 fully saturated rings. The first-order valence-electron chi connectivity index (χ1n) is 6.27. The van der Waals surface area contributed by atoms with E-state index in [1.807, 2.05) is 0 Å². The molecule has 0 spiro atoms. The van der Waals surface area contributed by atoms with Gasteiger partial charge in [0.1, 0.15) is 0 Å². The zero-order valence-electron chi connectivity index (χ0n) is 12.9. The molecular weight excluding hydrogens is 364 g/mol. The first kappa shape index (κ1) is 19.8. The van der Waals surface area contributed by atoms with Crippen molar-refractivity contribution in [2.75, 3.05) is 10.0 Å². The Labute approximate surface area is 141 Å². The Bertz CT molecular complexity index is 754. The molecule has 0 bridgehead atoms. The van der Waals surface area contributed by atoms with E-state index in [1.54, 1.807) is 0 Å². The van der Waals surface area contributed by atoms with Crippen molar-refractivity contribution in [2.24, 2.45) is 0 Å². The van der Waals surface area contributed by atoms with Gasteiger partial charge in [0, 0.05) is 13.8 Å². The summed E-state index contributed by atoms with van der Waals surface area (Å²) in [6.45, 7) is 1.34. The molecule has 1 aromatic carbocycles. The third-order valence-electron chi connectivity index (χ3n) is 2.85. The number of nitrogens with zero attached hydrogens (tertiary/aromatic N) is 6. The van der Waals surface area contributed by atoms with Crippen LogP contribution >= 0.6 is 0 Å². The van der Waals surface area contributed by atoms with E-state index in [-0.39, 0.29) is 10.0 Å². The zero-order valence-corrected chi connectivity index (χ0v) is 12.9. The predicted octanol–water partition coefficient (Wildman–Crippen LogP) is 0.592. The van der Waals surface area contributed by atoms with Gasteiger partial charge in [-0.05, 0) is 22.2 Å². The molecule has 26 heavy (non-hydrogen) atoms. The second kappa shape index (κ2) is 7.11. The van der Waals surface area contributed by atoms with Crippen LogP contribution in [0.15, 0.2) is 12.1 Å². The Morgan fingerprint density at radius 2 is 1.00 bits per heavy atom. The van der Waals surface area contributed by atoms with Crippen LogP contribution in [0.2, 0.25) is 0 Å². The smallest absolute Gasteiger partial charge is 0.269 e. The van der Waals surface area contributed by atoms with E-state index in [0.29, 0.717) is 26.0 Å². The Morgan fingerprint density at radius 3 is 1.15 bits per heavy atom. The minimum atomic E-state index is -1.56. The Kier molecular flexibility index (Phi) is 5.42. The van der Waals surface area contributed by atoms with Crippen LogP contribution in [0, 0.1) is 40.5 Å². The third kappa shape index (κ3) is 3.47. The molecule has 0 N–H and O–H groups in total. The lowest BCUT2D eigenvalue weighted by Gasteiger charge is -2.14. The minimum Gasteiger partial charge on any atom is -0.269 e. The fraction of sp³-hybridized carbons (Fsp3) is 0.200. The van der Waals surface area contributed by atoms with Crippen LogP contribution in [0.25, 0.3) is 0 Å². The fourth-order valence-corrected chi connectivity index (χ4v) is 2.01. The maximum atomic E-state index is 11.4. The van der Waals surface area contributed by atoms with Gasteiger partial charge in [0.2, 0.25) is 0 Å². The van der Waals surface area contributed by atoms with Crippen molar-refractivity contribution in [3.63, 3.8) is 0 Å². The third-order valence-corrected chi connectivity index (χ3v) is 2.85. The number of carbonyl (C=O) groups is 2. The van der Waals surface area contributed by atoms with Gasteiger partial charge in [-0.25, -0.2) is 20.2 Å². The average molecular weight is 372 g/mol. The van der Waals surface area contributed by atoms with Crippen LogP contribution in [0.1, 0.15) is 13.8 Å². The van der Waals surface area contributed by atoms with Gasteiger partial charge >= 0.3 is 11.4 Å². The highest BCUT2D eigenvalue weighted by molar-refractivity contribution is 5.98. The highest BCUT2D eigenvalue weighted by Crippen LogP contribution is 2.44. The summed E-state index contributed by atoms with van der Waals surface area (Å²) in [6, 6.07) is 1.04. The summed E-state index contributed by atoms with van der Waals surface area (Å²) in [4.78, 5) is 64.5. The van der Waals surface area contributed by atoms with E-state index in [0.717, 1.165) is 0 Å². The van der Waals surface area contributed by atoms with Crippen molar-refractivity contribution in [2.45, 2.75) is 13.8 Å². The van der Waals surface area contributed by atoms with Gasteiger partial charge in [-0.15, -0.1) is 0 Å². The molecule has 138 valence electrons. The van der Waals surface area contributed by atoms with E-state index >= 15 is 0 Å². The molecule has 0 aliphatic carbocycles. The van der Waals surface area contributed by atoms with Crippen molar-refractivity contribution in [1.29, 1.82) is 0 Å². The fourth-order valence-electron chi connectivity index (χ4n) is 2.01. The molecule has 1 aromatic rings. The SMILES string of the molecule is CC(=O)N(c1ccc(N(C(C)=O)[N+](=O)[O-])c([N+](=O)[O-])c1[N+](=O)[O-])[N+](=O)[O-]. The largest absolute Gasteiger partial charge is 0.378 e. The van der Waals surface area contributed by atoms with Crippen molar-refractivity contribution in [3.05, 3.63) is 52.6 Å². The minimum absolute atomic E-state index is 0.334. The topological polar surface area (TPSA) is 213 Å². The summed E-state index contributed by atoms with van der Waals surface area (Å²) in [7, 11) is 0. The van der Waals surface area contributed by atoms with Gasteiger partial charge in [-0.3, -0.25) is 29.8 Å². The van der Waals surface area contributed by atoms with Crippen LogP contribution in [0.4, 0.5) is 22.7 Å². The first-order chi connectivity index (χ1) is 11.9. The first-order valence-corrected chi connectivity index (χ1v) is 6.27. The average Bonchev–Trinajstić information content (AvgIpc) is 2.45. The number of hydrogen-bond donors (Lipinski definition) is 0. The van der Waals surface area contributed by atoms with Crippen molar-refractivity contribution >= 4 is 34.6 Å². The molecule has 0 aliphatic heterocycles. The molecule has 16 nitrogen and oxygen atoms in total. The number of hydrazine groups is 2. The van der Waals surface area contributed by atoms with Crippen molar-refractivity contribution in [3.8, 4) is 0 Å². The zero-order chi connectivity index (χ0) is 20.3. The summed E-state index contributed by atoms with van der Waals surface area (Å²) in [5.74, 6) is -2.64. The van der Waals surface area contributed by atoms with Gasteiger partial charge in [0.15, 0.2) is 21.4 Å². The lowest BCUT2D eigenvalue weighted by atomic mass is 10.1. The molecule has 0 saturated carbocycles. The molecule has 0 unspecified atom stereocenters. The number of nitro benzene ring substituents is 2. The van der Waals surface area contributed by atoms with Gasteiger partial charge in [-0.1, -0.05) is 0 Å². The summed E-state index contributed by atoms with van der Waals surface area (Å²) < 4.78 is 0. The maximum absolute atomic E-state index is 11.4. The quantitative estimate of drug-likeness (QED) is 0.500. The highest BCUT2D eigenvalue weighted by atomic mass is 16.7. The molecule has 0 aromatic heterocycles. The van der Waals surface area contributed by atoms with Crippen LogP contribution in [0.3, 0.4) is 0 Å². The number of carbonyl (C=O) groups excluding carboxylic acids is 2. The van der Waals surface area contributed by atoms with Crippen molar-refractivity contribution in [1.82, 2.24) is 0 Å². The number of rotatable bonds is 6. The van der Waals surface area contributed by atoms with Crippen molar-refractivity contribution < 1.29 is 29.5 Å². The van der Waals surface area contributed by atoms with Gasteiger partial charge in [0.25, 0.3) is 11.8 Å². The normalized spacial score (nSPS) is 9.92. The molecular formula is C10H8N6O10. The van der Waals surface area contributed by atoms with E-state index in [2.05, 4.69) is 0 Å². The molecule has 0 atom stereocenters. The molecule has 0 aliphatic rings. The second-order valence-corrected chi connectivity index (χ2v) is 4.45. The maximum Gasteiger partial charge on any atom is 0.378 e. The Hall–Kier alpha value is -4.24. The van der Waals surface area contributed by atoms with E-state index < -0.39 is 54.5 Å². The Morgan fingerprint density at radius 1 is 0.731 bits per heavy atom. The highest BCUT2D eigenvalue weighted by Gasteiger charge is 2.44. The van der Waals surface area contributed by atoms with Crippen LogP contribution in [0.5, 0.6) is 0 Å². The standard InChI is InChI=1S/C10H8N6O10/c1-5(17)11(15(23)24)7-3-4-8(12(6(2)18)16(25)26)10(14(21)22)9(7)13(19)20/h3-4H,1-2H3. The number of amides is 2. The van der Waals surface area contributed by atoms with Gasteiger partial charge in [-0.2, -0.15) is 0 Å². The summed E-state index contributed by atoms with van der Waals surface area (Å²) >= 11 is 0. The number of benzene rings is 1. The van der Waals surface area contributed by atoms with E-state index in [9.17, 15) is 50.0 Å². The molecule has 1 rings (SSSR count). The number of anilines is 2. The summed E-state index contributed by atoms with van der Waals surface area (Å²) in [6.07, 6.45) is 0. The summed E-state index contributed by atoms with van der Waals surface area (Å²) in [5, 5.41) is 41.1. The molecule has 0 radical (unpaired) electrons. The number of nitro groups is 4. The van der Waals surface area contributed by atoms with Gasteiger partial charge < -0.3 is 0 Å². The molecule has 0 heterocycles.